The van der Waals surface area contributed by atoms with Gasteiger partial charge in [-0.05, 0) is 48.6 Å². The predicted octanol–water partition coefficient (Wildman–Crippen LogP) is 3.68. The van der Waals surface area contributed by atoms with Crippen LogP contribution in [0.2, 0.25) is 0 Å². The SMILES string of the molecule is COCc1ccnc2c1CCCCC2S(=O)c1nc2ccccc2[nH]1. The lowest BCUT2D eigenvalue weighted by Gasteiger charge is -2.17. The largest absolute Gasteiger partial charge is 0.380 e. The lowest BCUT2D eigenvalue weighted by molar-refractivity contribution is 0.184. The number of pyridine rings is 1. The molecule has 2 unspecified atom stereocenters. The Morgan fingerprint density at radius 3 is 3.00 bits per heavy atom. The van der Waals surface area contributed by atoms with E-state index in [4.69, 9.17) is 4.74 Å². The predicted molar refractivity (Wildman–Crippen MR) is 97.7 cm³/mol. The first-order valence-corrected chi connectivity index (χ1v) is 9.80. The average molecular weight is 355 g/mol. The molecule has 2 heterocycles. The minimum atomic E-state index is -1.26. The van der Waals surface area contributed by atoms with E-state index in [0.717, 1.165) is 48.0 Å². The molecule has 2 atom stereocenters. The van der Waals surface area contributed by atoms with Gasteiger partial charge >= 0.3 is 0 Å². The van der Waals surface area contributed by atoms with Crippen LogP contribution in [0, 0.1) is 0 Å². The monoisotopic (exact) mass is 355 g/mol. The number of methoxy groups -OCH3 is 1. The summed E-state index contributed by atoms with van der Waals surface area (Å²) in [6, 6.07) is 9.79. The summed E-state index contributed by atoms with van der Waals surface area (Å²) in [5.41, 5.74) is 5.07. The Hall–Kier alpha value is -2.05. The standard InChI is InChI=1S/C19H21N3O2S/c1-24-12-13-10-11-20-18-14(13)6-2-5-9-17(18)25(23)19-21-15-7-3-4-8-16(15)22-19/h3-4,7-8,10-11,17H,2,5-6,9,12H2,1H3,(H,21,22). The first-order chi connectivity index (χ1) is 12.3. The third-order valence-corrected chi connectivity index (χ3v) is 6.30. The molecule has 1 N–H and O–H groups in total. The minimum Gasteiger partial charge on any atom is -0.380 e. The summed E-state index contributed by atoms with van der Waals surface area (Å²) in [6.45, 7) is 0.564. The third kappa shape index (κ3) is 3.12. The van der Waals surface area contributed by atoms with Gasteiger partial charge in [0.1, 0.15) is 0 Å². The quantitative estimate of drug-likeness (QED) is 0.725. The summed E-state index contributed by atoms with van der Waals surface area (Å²) < 4.78 is 18.6. The van der Waals surface area contributed by atoms with Gasteiger partial charge in [0.2, 0.25) is 0 Å². The van der Waals surface area contributed by atoms with Crippen molar-refractivity contribution in [3.63, 3.8) is 0 Å². The molecule has 1 aliphatic carbocycles. The summed E-state index contributed by atoms with van der Waals surface area (Å²) in [5.74, 6) is 0. The Morgan fingerprint density at radius 2 is 2.16 bits per heavy atom. The first-order valence-electron chi connectivity index (χ1n) is 8.59. The number of aromatic nitrogens is 3. The van der Waals surface area contributed by atoms with Crippen LogP contribution in [0.1, 0.15) is 41.3 Å². The number of hydrogen-bond acceptors (Lipinski definition) is 4. The van der Waals surface area contributed by atoms with Gasteiger partial charge in [-0.3, -0.25) is 9.19 Å². The summed E-state index contributed by atoms with van der Waals surface area (Å²) in [5, 5.41) is 0.410. The first kappa shape index (κ1) is 16.4. The number of hydrogen-bond donors (Lipinski definition) is 1. The van der Waals surface area contributed by atoms with Crippen LogP contribution < -0.4 is 0 Å². The van der Waals surface area contributed by atoms with Crippen molar-refractivity contribution in [2.24, 2.45) is 0 Å². The zero-order valence-corrected chi connectivity index (χ0v) is 15.0. The molecule has 6 heteroatoms. The molecule has 0 bridgehead atoms. The van der Waals surface area contributed by atoms with E-state index in [9.17, 15) is 4.21 Å². The molecule has 2 aromatic heterocycles. The molecule has 4 rings (SSSR count). The molecule has 0 fully saturated rings. The second kappa shape index (κ2) is 7.06. The van der Waals surface area contributed by atoms with Gasteiger partial charge in [-0.2, -0.15) is 0 Å². The van der Waals surface area contributed by atoms with Gasteiger partial charge in [0.15, 0.2) is 5.16 Å². The van der Waals surface area contributed by atoms with E-state index >= 15 is 0 Å². The smallest absolute Gasteiger partial charge is 0.198 e. The van der Waals surface area contributed by atoms with Crippen molar-refractivity contribution < 1.29 is 8.95 Å². The van der Waals surface area contributed by atoms with Crippen LogP contribution in [-0.4, -0.2) is 26.3 Å². The Bertz CT molecular complexity index is 889. The minimum absolute atomic E-state index is 0.130. The highest BCUT2D eigenvalue weighted by molar-refractivity contribution is 7.85. The maximum absolute atomic E-state index is 13.3. The van der Waals surface area contributed by atoms with Crippen LogP contribution in [-0.2, 0) is 28.6 Å². The number of fused-ring (bicyclic) bond motifs is 2. The lowest BCUT2D eigenvalue weighted by Crippen LogP contribution is -2.12. The number of nitrogens with zero attached hydrogens (tertiary/aromatic N) is 2. The molecule has 0 amide bonds. The summed E-state index contributed by atoms with van der Waals surface area (Å²) in [7, 11) is 0.445. The van der Waals surface area contributed by atoms with Crippen molar-refractivity contribution in [1.29, 1.82) is 0 Å². The third-order valence-electron chi connectivity index (χ3n) is 4.75. The average Bonchev–Trinajstić information content (AvgIpc) is 2.95. The molecule has 0 aliphatic heterocycles. The molecule has 3 aromatic rings. The maximum Gasteiger partial charge on any atom is 0.198 e. The fourth-order valence-electron chi connectivity index (χ4n) is 3.54. The normalized spacial score (nSPS) is 18.7. The highest BCUT2D eigenvalue weighted by Gasteiger charge is 2.29. The lowest BCUT2D eigenvalue weighted by atomic mass is 10.0. The van der Waals surface area contributed by atoms with Gasteiger partial charge in [0, 0.05) is 13.3 Å². The molecule has 0 radical (unpaired) electrons. The van der Waals surface area contributed by atoms with Gasteiger partial charge < -0.3 is 9.72 Å². The van der Waals surface area contributed by atoms with Crippen LogP contribution in [0.15, 0.2) is 41.7 Å². The molecule has 25 heavy (non-hydrogen) atoms. The molecular formula is C19H21N3O2S. The van der Waals surface area contributed by atoms with E-state index in [1.807, 2.05) is 30.3 Å². The Labute approximate surface area is 149 Å². The number of imidazole rings is 1. The number of rotatable bonds is 4. The van der Waals surface area contributed by atoms with Crippen LogP contribution in [0.4, 0.5) is 0 Å². The van der Waals surface area contributed by atoms with Crippen molar-refractivity contribution in [1.82, 2.24) is 15.0 Å². The Kier molecular flexibility index (Phi) is 4.63. The second-order valence-electron chi connectivity index (χ2n) is 6.36. The number of nitrogens with one attached hydrogen (secondary N) is 1. The maximum atomic E-state index is 13.3. The number of aromatic amines is 1. The number of benzene rings is 1. The van der Waals surface area contributed by atoms with Crippen molar-refractivity contribution in [2.75, 3.05) is 7.11 Å². The second-order valence-corrected chi connectivity index (χ2v) is 7.91. The van der Waals surface area contributed by atoms with E-state index in [2.05, 4.69) is 15.0 Å². The van der Waals surface area contributed by atoms with E-state index in [1.54, 1.807) is 13.3 Å². The van der Waals surface area contributed by atoms with E-state index in [1.165, 1.54) is 5.56 Å². The van der Waals surface area contributed by atoms with Crippen LogP contribution >= 0.6 is 0 Å². The highest BCUT2D eigenvalue weighted by Crippen LogP contribution is 2.35. The van der Waals surface area contributed by atoms with Crippen LogP contribution in [0.5, 0.6) is 0 Å². The molecule has 5 nitrogen and oxygen atoms in total. The Balaban J connectivity index is 1.75. The summed E-state index contributed by atoms with van der Waals surface area (Å²) >= 11 is 0. The summed E-state index contributed by atoms with van der Waals surface area (Å²) in [6.07, 6.45) is 5.76. The topological polar surface area (TPSA) is 67.9 Å². The van der Waals surface area contributed by atoms with E-state index < -0.39 is 10.8 Å². The van der Waals surface area contributed by atoms with Gasteiger partial charge in [0.25, 0.3) is 0 Å². The molecular weight excluding hydrogens is 334 g/mol. The molecule has 1 aromatic carbocycles. The molecule has 0 spiro atoms. The molecule has 0 saturated carbocycles. The number of ether oxygens (including phenoxy) is 1. The molecule has 130 valence electrons. The fraction of sp³-hybridized carbons (Fsp3) is 0.368. The number of H-pyrrole nitrogens is 1. The zero-order chi connectivity index (χ0) is 17.2. The number of para-hydroxylation sites is 2. The van der Waals surface area contributed by atoms with Crippen molar-refractivity contribution in [3.8, 4) is 0 Å². The molecule has 1 aliphatic rings. The van der Waals surface area contributed by atoms with Gasteiger partial charge in [-0.1, -0.05) is 18.6 Å². The van der Waals surface area contributed by atoms with Gasteiger partial charge in [-0.15, -0.1) is 0 Å². The van der Waals surface area contributed by atoms with Crippen molar-refractivity contribution >= 4 is 21.8 Å². The van der Waals surface area contributed by atoms with Crippen LogP contribution in [0.3, 0.4) is 0 Å². The van der Waals surface area contributed by atoms with Crippen LogP contribution in [0.25, 0.3) is 11.0 Å². The zero-order valence-electron chi connectivity index (χ0n) is 14.2. The van der Waals surface area contributed by atoms with Crippen molar-refractivity contribution in [3.05, 3.63) is 53.3 Å². The fourth-order valence-corrected chi connectivity index (χ4v) is 5.00. The van der Waals surface area contributed by atoms with E-state index in [-0.39, 0.29) is 5.25 Å². The van der Waals surface area contributed by atoms with E-state index in [0.29, 0.717) is 11.8 Å². The van der Waals surface area contributed by atoms with Crippen molar-refractivity contribution in [2.45, 2.75) is 42.7 Å². The highest BCUT2D eigenvalue weighted by atomic mass is 32.2. The van der Waals surface area contributed by atoms with Gasteiger partial charge in [-0.25, -0.2) is 4.98 Å². The Morgan fingerprint density at radius 1 is 1.28 bits per heavy atom. The molecule has 0 saturated heterocycles. The van der Waals surface area contributed by atoms with Gasteiger partial charge in [0.05, 0.1) is 39.4 Å². The summed E-state index contributed by atoms with van der Waals surface area (Å²) in [4.78, 5) is 12.4.